The van der Waals surface area contributed by atoms with Gasteiger partial charge in [-0.1, -0.05) is 80.3 Å². The van der Waals surface area contributed by atoms with Crippen LogP contribution in [0, 0.1) is 6.92 Å². The number of nitrogens with zero attached hydrogens (tertiary/aromatic N) is 2. The third-order valence-corrected chi connectivity index (χ3v) is 6.06. The van der Waals surface area contributed by atoms with Gasteiger partial charge in [-0.2, -0.15) is 5.10 Å². The molecular formula is C31H39ClFN3O2. The van der Waals surface area contributed by atoms with Crippen molar-refractivity contribution in [1.82, 2.24) is 15.3 Å². The number of aromatic amines is 1. The van der Waals surface area contributed by atoms with Crippen molar-refractivity contribution in [3.63, 3.8) is 0 Å². The number of hydrogen-bond acceptors (Lipinski definition) is 3. The number of carbonyl (C=O) groups excluding carboxylic acids is 1. The Bertz CT molecular complexity index is 1180. The van der Waals surface area contributed by atoms with Crippen LogP contribution in [0.4, 0.5) is 4.39 Å². The van der Waals surface area contributed by atoms with Gasteiger partial charge >= 0.3 is 0 Å². The highest BCUT2D eigenvalue weighted by Gasteiger charge is 2.18. The van der Waals surface area contributed by atoms with Crippen LogP contribution in [-0.4, -0.2) is 42.0 Å². The monoisotopic (exact) mass is 539 g/mol. The van der Waals surface area contributed by atoms with Gasteiger partial charge in [0.25, 0.3) is 5.91 Å². The molecule has 7 heteroatoms. The molecule has 0 aromatic carbocycles. The number of amides is 1. The molecule has 0 fully saturated rings. The molecule has 1 rings (SSSR count). The predicted molar refractivity (Wildman–Crippen MR) is 157 cm³/mol. The van der Waals surface area contributed by atoms with Crippen LogP contribution < -0.4 is 0 Å². The Hall–Kier alpha value is -3.48. The fourth-order valence-corrected chi connectivity index (χ4v) is 3.93. The third-order valence-electron chi connectivity index (χ3n) is 5.70. The number of allylic oxidation sites excluding steroid dienone is 15. The van der Waals surface area contributed by atoms with Crippen LogP contribution >= 0.6 is 11.6 Å². The second kappa shape index (κ2) is 17.9. The van der Waals surface area contributed by atoms with E-state index >= 15 is 0 Å². The van der Waals surface area contributed by atoms with E-state index in [0.29, 0.717) is 23.4 Å². The van der Waals surface area contributed by atoms with Gasteiger partial charge in [-0.3, -0.25) is 14.7 Å². The van der Waals surface area contributed by atoms with E-state index in [2.05, 4.69) is 23.4 Å². The van der Waals surface area contributed by atoms with Gasteiger partial charge in [0.05, 0.1) is 13.3 Å². The van der Waals surface area contributed by atoms with Crippen LogP contribution in [0.5, 0.6) is 0 Å². The number of halogens is 2. The molecular weight excluding hydrogens is 501 g/mol. The van der Waals surface area contributed by atoms with Gasteiger partial charge in [0.2, 0.25) is 0 Å². The number of nitrogens with one attached hydrogen (secondary N) is 1. The second-order valence-electron chi connectivity index (χ2n) is 8.25. The minimum absolute atomic E-state index is 0.278. The number of alkyl halides is 1. The highest BCUT2D eigenvalue weighted by molar-refractivity contribution is 6.32. The van der Waals surface area contributed by atoms with Gasteiger partial charge < -0.3 is 0 Å². The van der Waals surface area contributed by atoms with E-state index in [0.717, 1.165) is 45.0 Å². The lowest BCUT2D eigenvalue weighted by atomic mass is 9.85. The summed E-state index contributed by atoms with van der Waals surface area (Å²) in [5.74, 6) is -0.278. The van der Waals surface area contributed by atoms with Crippen molar-refractivity contribution in [1.29, 1.82) is 0 Å². The summed E-state index contributed by atoms with van der Waals surface area (Å²) >= 11 is 6.54. The van der Waals surface area contributed by atoms with Crippen molar-refractivity contribution < 1.29 is 14.0 Å². The summed E-state index contributed by atoms with van der Waals surface area (Å²) < 4.78 is 13.2. The normalized spacial score (nSPS) is 14.0. The largest absolute Gasteiger partial charge is 0.282 e. The SMILES string of the molecule is C=C/C=C(C(/CC)=C(/C(=C)CCc1[nH]ncc1C)C(=C/C=C/C=C/C(=O)N(C)OC)/C=C\C)\C(Cl)=C/CF. The maximum atomic E-state index is 13.2. The summed E-state index contributed by atoms with van der Waals surface area (Å²) in [4.78, 5) is 16.8. The number of carbonyl (C=O) groups is 1. The Morgan fingerprint density at radius 2 is 2.00 bits per heavy atom. The molecule has 0 spiro atoms. The molecule has 204 valence electrons. The van der Waals surface area contributed by atoms with Crippen molar-refractivity contribution in [2.45, 2.75) is 40.0 Å². The van der Waals surface area contributed by atoms with Crippen molar-refractivity contribution in [2.24, 2.45) is 0 Å². The Kier molecular flexibility index (Phi) is 15.3. The fourth-order valence-electron chi connectivity index (χ4n) is 3.70. The summed E-state index contributed by atoms with van der Waals surface area (Å²) in [5, 5.41) is 8.63. The van der Waals surface area contributed by atoms with Gasteiger partial charge in [-0.25, -0.2) is 9.45 Å². The number of rotatable bonds is 15. The van der Waals surface area contributed by atoms with Crippen molar-refractivity contribution in [3.8, 4) is 0 Å². The average Bonchev–Trinajstić information content (AvgIpc) is 3.32. The lowest BCUT2D eigenvalue weighted by molar-refractivity contribution is -0.162. The molecule has 0 aliphatic carbocycles. The van der Waals surface area contributed by atoms with Gasteiger partial charge in [0.15, 0.2) is 0 Å². The summed E-state index contributed by atoms with van der Waals surface area (Å²) in [6.07, 6.45) is 21.2. The first-order valence-electron chi connectivity index (χ1n) is 12.4. The maximum absolute atomic E-state index is 13.2. The van der Waals surface area contributed by atoms with E-state index in [9.17, 15) is 9.18 Å². The van der Waals surface area contributed by atoms with E-state index in [4.69, 9.17) is 16.4 Å². The number of hydroxylamine groups is 2. The second-order valence-corrected chi connectivity index (χ2v) is 8.66. The van der Waals surface area contributed by atoms with E-state index in [1.807, 2.05) is 45.1 Å². The lowest BCUT2D eigenvalue weighted by Gasteiger charge is -2.20. The molecule has 0 saturated heterocycles. The highest BCUT2D eigenvalue weighted by atomic mass is 35.5. The highest BCUT2D eigenvalue weighted by Crippen LogP contribution is 2.36. The molecule has 1 aromatic rings. The molecule has 1 amide bonds. The van der Waals surface area contributed by atoms with Crippen LogP contribution in [0.15, 0.2) is 113 Å². The van der Waals surface area contributed by atoms with E-state index in [1.54, 1.807) is 30.5 Å². The molecule has 0 aliphatic heterocycles. The molecule has 1 heterocycles. The first-order chi connectivity index (χ1) is 18.2. The zero-order valence-corrected chi connectivity index (χ0v) is 23.8. The lowest BCUT2D eigenvalue weighted by Crippen LogP contribution is -2.22. The van der Waals surface area contributed by atoms with Crippen LogP contribution in [0.25, 0.3) is 0 Å². The minimum atomic E-state index is -0.677. The Balaban J connectivity index is 3.66. The Labute approximate surface area is 231 Å². The van der Waals surface area contributed by atoms with Crippen LogP contribution in [0.2, 0.25) is 0 Å². The molecule has 0 unspecified atom stereocenters. The number of H-pyrrole nitrogens is 1. The molecule has 38 heavy (non-hydrogen) atoms. The van der Waals surface area contributed by atoms with Crippen molar-refractivity contribution >= 4 is 17.5 Å². The quantitative estimate of drug-likeness (QED) is 0.141. The van der Waals surface area contributed by atoms with E-state index < -0.39 is 6.67 Å². The molecule has 1 N–H and O–H groups in total. The molecule has 0 aliphatic rings. The average molecular weight is 540 g/mol. The minimum Gasteiger partial charge on any atom is -0.282 e. The fraction of sp³-hybridized carbons (Fsp3) is 0.290. The van der Waals surface area contributed by atoms with Gasteiger partial charge in [0, 0.05) is 23.8 Å². The molecule has 0 saturated carbocycles. The zero-order valence-electron chi connectivity index (χ0n) is 23.1. The molecule has 0 bridgehead atoms. The first-order valence-corrected chi connectivity index (χ1v) is 12.8. The van der Waals surface area contributed by atoms with Gasteiger partial charge in [0.1, 0.15) is 6.67 Å². The van der Waals surface area contributed by atoms with Gasteiger partial charge in [-0.05, 0) is 72.6 Å². The summed E-state index contributed by atoms with van der Waals surface area (Å²) in [5.41, 5.74) is 6.49. The standard InChI is InChI=1S/C31H39ClFN3O2/c1-8-14-25(16-12-11-13-17-30(37)36(6)38-7)31(23(4)18-19-29-24(5)22-34-35-29)26(10-3)27(15-9-2)28(32)20-21-33/h8-9,11-17,20,22H,2,4,10,18-19,21H2,1,3,5-7H3,(H,34,35)/b12-11+,14-8-,17-13+,25-16+,27-15-,28-20+,31-26-. The van der Waals surface area contributed by atoms with Crippen molar-refractivity contribution in [2.75, 3.05) is 20.8 Å². The van der Waals surface area contributed by atoms with Crippen LogP contribution in [-0.2, 0) is 16.1 Å². The number of aryl methyl sites for hydroxylation is 2. The summed E-state index contributed by atoms with van der Waals surface area (Å²) in [7, 11) is 2.97. The third kappa shape index (κ3) is 10.1. The van der Waals surface area contributed by atoms with E-state index in [1.165, 1.54) is 26.3 Å². The summed E-state index contributed by atoms with van der Waals surface area (Å²) in [6, 6.07) is 0. The van der Waals surface area contributed by atoms with Crippen molar-refractivity contribution in [3.05, 3.63) is 124 Å². The molecule has 1 aromatic heterocycles. The first kappa shape index (κ1) is 32.5. The van der Waals surface area contributed by atoms with Crippen LogP contribution in [0.3, 0.4) is 0 Å². The molecule has 5 nitrogen and oxygen atoms in total. The van der Waals surface area contributed by atoms with Gasteiger partial charge in [-0.15, -0.1) is 0 Å². The number of likely N-dealkylation sites (N-methyl/N-ethyl adjacent to an activating group) is 1. The predicted octanol–water partition coefficient (Wildman–Crippen LogP) is 7.75. The number of aromatic nitrogens is 2. The topological polar surface area (TPSA) is 58.2 Å². The molecule has 0 radical (unpaired) electrons. The smallest absolute Gasteiger partial charge is 0.269 e. The summed E-state index contributed by atoms with van der Waals surface area (Å²) in [6.45, 7) is 13.6. The van der Waals surface area contributed by atoms with E-state index in [-0.39, 0.29) is 5.91 Å². The van der Waals surface area contributed by atoms with Crippen LogP contribution in [0.1, 0.15) is 37.9 Å². The Morgan fingerprint density at radius 3 is 2.55 bits per heavy atom. The molecule has 0 atom stereocenters. The maximum Gasteiger partial charge on any atom is 0.269 e. The Morgan fingerprint density at radius 1 is 1.26 bits per heavy atom. The zero-order chi connectivity index (χ0) is 28.5. The number of hydrogen-bond donors (Lipinski definition) is 1.